The van der Waals surface area contributed by atoms with Crippen LogP contribution in [0, 0.1) is 5.92 Å². The Labute approximate surface area is 121 Å². The molecule has 0 saturated heterocycles. The lowest BCUT2D eigenvalue weighted by molar-refractivity contribution is 0.255. The Hall–Kier alpha value is -0.780. The number of hydrogen-bond donors (Lipinski definition) is 3. The summed E-state index contributed by atoms with van der Waals surface area (Å²) < 4.78 is 6.01. The fraction of sp³-hybridized carbons (Fsp3) is 0.571. The highest BCUT2D eigenvalue weighted by Gasteiger charge is 2.30. The topological polar surface area (TPSA) is 61.7 Å². The Morgan fingerprint density at radius 1 is 1.47 bits per heavy atom. The van der Waals surface area contributed by atoms with Crippen molar-refractivity contribution in [3.05, 3.63) is 22.2 Å². The Morgan fingerprint density at radius 3 is 2.79 bits per heavy atom. The molecule has 1 fully saturated rings. The summed E-state index contributed by atoms with van der Waals surface area (Å²) >= 11 is 3.41. The van der Waals surface area contributed by atoms with Crippen molar-refractivity contribution in [2.75, 3.05) is 13.7 Å². The largest absolute Gasteiger partial charge is 0.504 e. The van der Waals surface area contributed by atoms with Gasteiger partial charge in [-0.15, -0.1) is 0 Å². The molecule has 0 spiro atoms. The molecular formula is C14H20BrNO3. The zero-order valence-electron chi connectivity index (χ0n) is 11.0. The van der Waals surface area contributed by atoms with Gasteiger partial charge in [-0.3, -0.25) is 0 Å². The van der Waals surface area contributed by atoms with Crippen LogP contribution in [0.5, 0.6) is 11.5 Å². The van der Waals surface area contributed by atoms with Crippen molar-refractivity contribution in [2.45, 2.75) is 31.8 Å². The minimum atomic E-state index is 0.178. The van der Waals surface area contributed by atoms with Gasteiger partial charge < -0.3 is 20.3 Å². The van der Waals surface area contributed by atoms with Crippen molar-refractivity contribution in [1.82, 2.24) is 5.32 Å². The number of nitrogens with one attached hydrogen (secondary N) is 1. The molecule has 106 valence electrons. The van der Waals surface area contributed by atoms with Crippen LogP contribution in [-0.4, -0.2) is 30.0 Å². The van der Waals surface area contributed by atoms with Crippen LogP contribution in [0.25, 0.3) is 0 Å². The van der Waals surface area contributed by atoms with Crippen molar-refractivity contribution >= 4 is 15.9 Å². The number of phenols is 1. The van der Waals surface area contributed by atoms with E-state index in [1.165, 1.54) is 20.0 Å². The summed E-state index contributed by atoms with van der Waals surface area (Å²) in [5.74, 6) is 1.32. The fourth-order valence-corrected chi connectivity index (χ4v) is 2.79. The monoisotopic (exact) mass is 329 g/mol. The minimum absolute atomic E-state index is 0.178. The number of phenolic OH excluding ortho intramolecular Hbond substituents is 1. The lowest BCUT2D eigenvalue weighted by Crippen LogP contribution is -2.31. The van der Waals surface area contributed by atoms with Crippen molar-refractivity contribution in [3.63, 3.8) is 0 Å². The van der Waals surface area contributed by atoms with Gasteiger partial charge in [-0.2, -0.15) is 0 Å². The van der Waals surface area contributed by atoms with Gasteiger partial charge in [0.05, 0.1) is 7.11 Å². The van der Waals surface area contributed by atoms with Crippen LogP contribution in [0.3, 0.4) is 0 Å². The quantitative estimate of drug-likeness (QED) is 0.719. The average molecular weight is 330 g/mol. The van der Waals surface area contributed by atoms with Gasteiger partial charge in [0.2, 0.25) is 0 Å². The number of benzene rings is 1. The highest BCUT2D eigenvalue weighted by molar-refractivity contribution is 9.10. The number of halogens is 1. The molecule has 1 unspecified atom stereocenters. The number of aromatic hydroxyl groups is 1. The highest BCUT2D eigenvalue weighted by Crippen LogP contribution is 2.36. The average Bonchev–Trinajstić information content (AvgIpc) is 3.22. The summed E-state index contributed by atoms with van der Waals surface area (Å²) in [6, 6.07) is 3.95. The summed E-state index contributed by atoms with van der Waals surface area (Å²) in [5, 5.41) is 22.6. The molecule has 0 amide bonds. The molecule has 0 bridgehead atoms. The Morgan fingerprint density at radius 2 is 2.21 bits per heavy atom. The lowest BCUT2D eigenvalue weighted by atomic mass is 10.1. The maximum absolute atomic E-state index is 10.1. The van der Waals surface area contributed by atoms with Crippen LogP contribution >= 0.6 is 15.9 Å². The van der Waals surface area contributed by atoms with Gasteiger partial charge in [-0.05, 0) is 37.3 Å². The van der Waals surface area contributed by atoms with Gasteiger partial charge in [0, 0.05) is 29.2 Å². The minimum Gasteiger partial charge on any atom is -0.504 e. The smallest absolute Gasteiger partial charge is 0.162 e. The second-order valence-corrected chi connectivity index (χ2v) is 5.87. The van der Waals surface area contributed by atoms with Crippen molar-refractivity contribution < 1.29 is 14.9 Å². The number of hydrogen-bond acceptors (Lipinski definition) is 4. The third-order valence-corrected chi connectivity index (χ3v) is 3.98. The van der Waals surface area contributed by atoms with Gasteiger partial charge in [0.25, 0.3) is 0 Å². The van der Waals surface area contributed by atoms with E-state index < -0.39 is 0 Å². The number of rotatable bonds is 7. The molecule has 0 aliphatic heterocycles. The van der Waals surface area contributed by atoms with Crippen molar-refractivity contribution in [3.8, 4) is 11.5 Å². The van der Waals surface area contributed by atoms with Crippen LogP contribution in [0.15, 0.2) is 16.6 Å². The summed E-state index contributed by atoms with van der Waals surface area (Å²) in [7, 11) is 1.54. The lowest BCUT2D eigenvalue weighted by Gasteiger charge is -2.18. The predicted octanol–water partition coefficient (Wildman–Crippen LogP) is 2.41. The van der Waals surface area contributed by atoms with E-state index in [2.05, 4.69) is 21.2 Å². The van der Waals surface area contributed by atoms with E-state index in [1.807, 2.05) is 6.07 Å². The van der Waals surface area contributed by atoms with E-state index in [9.17, 15) is 5.11 Å². The standard InChI is InChI=1S/C14H20BrNO3/c1-19-13-7-11(15)6-10(14(13)18)8-16-12(4-5-17)9-2-3-9/h6-7,9,12,16-18H,2-5,8H2,1H3. The molecule has 3 N–H and O–H groups in total. The normalized spacial score (nSPS) is 16.4. The van der Waals surface area contributed by atoms with E-state index in [4.69, 9.17) is 9.84 Å². The second-order valence-electron chi connectivity index (χ2n) is 4.95. The molecule has 0 heterocycles. The SMILES string of the molecule is COc1cc(Br)cc(CNC(CCO)C2CC2)c1O. The van der Waals surface area contributed by atoms with E-state index >= 15 is 0 Å². The summed E-state index contributed by atoms with van der Waals surface area (Å²) in [5.41, 5.74) is 0.801. The van der Waals surface area contributed by atoms with Crippen LogP contribution in [-0.2, 0) is 6.54 Å². The molecule has 1 saturated carbocycles. The predicted molar refractivity (Wildman–Crippen MR) is 77.4 cm³/mol. The summed E-state index contributed by atoms with van der Waals surface area (Å²) in [4.78, 5) is 0. The first-order valence-electron chi connectivity index (χ1n) is 6.55. The van der Waals surface area contributed by atoms with E-state index in [1.54, 1.807) is 6.07 Å². The zero-order valence-corrected chi connectivity index (χ0v) is 12.6. The molecule has 2 rings (SSSR count). The molecule has 0 aromatic heterocycles. The molecular weight excluding hydrogens is 310 g/mol. The van der Waals surface area contributed by atoms with Crippen LogP contribution in [0.4, 0.5) is 0 Å². The Balaban J connectivity index is 2.03. The third-order valence-electron chi connectivity index (χ3n) is 3.52. The third kappa shape index (κ3) is 3.84. The maximum Gasteiger partial charge on any atom is 0.162 e. The van der Waals surface area contributed by atoms with Gasteiger partial charge in [0.1, 0.15) is 0 Å². The van der Waals surface area contributed by atoms with Crippen LogP contribution in [0.2, 0.25) is 0 Å². The van der Waals surface area contributed by atoms with Gasteiger partial charge >= 0.3 is 0 Å². The van der Waals surface area contributed by atoms with E-state index in [-0.39, 0.29) is 12.4 Å². The van der Waals surface area contributed by atoms with Gasteiger partial charge in [-0.25, -0.2) is 0 Å². The molecule has 4 nitrogen and oxygen atoms in total. The first-order valence-corrected chi connectivity index (χ1v) is 7.34. The molecule has 5 heteroatoms. The second kappa shape index (κ2) is 6.59. The molecule has 1 aliphatic rings. The van der Waals surface area contributed by atoms with Crippen molar-refractivity contribution in [1.29, 1.82) is 0 Å². The number of aliphatic hydroxyl groups excluding tert-OH is 1. The number of aliphatic hydroxyl groups is 1. The molecule has 1 aromatic carbocycles. The van der Waals surface area contributed by atoms with Crippen molar-refractivity contribution in [2.24, 2.45) is 5.92 Å². The molecule has 19 heavy (non-hydrogen) atoms. The Kier molecular flexibility index (Phi) is 5.07. The first-order chi connectivity index (χ1) is 9.15. The number of ether oxygens (including phenoxy) is 1. The number of methoxy groups -OCH3 is 1. The first kappa shape index (κ1) is 14.6. The fourth-order valence-electron chi connectivity index (χ4n) is 2.30. The maximum atomic E-state index is 10.1. The summed E-state index contributed by atoms with van der Waals surface area (Å²) in [6.45, 7) is 0.769. The summed E-state index contributed by atoms with van der Waals surface area (Å²) in [6.07, 6.45) is 3.22. The molecule has 1 atom stereocenters. The van der Waals surface area contributed by atoms with Gasteiger partial charge in [0.15, 0.2) is 11.5 Å². The molecule has 0 radical (unpaired) electrons. The molecule has 1 aliphatic carbocycles. The highest BCUT2D eigenvalue weighted by atomic mass is 79.9. The molecule has 1 aromatic rings. The van der Waals surface area contributed by atoms with Gasteiger partial charge in [-0.1, -0.05) is 15.9 Å². The van der Waals surface area contributed by atoms with Crippen LogP contribution in [0.1, 0.15) is 24.8 Å². The van der Waals surface area contributed by atoms with Crippen LogP contribution < -0.4 is 10.1 Å². The zero-order chi connectivity index (χ0) is 13.8. The Bertz CT molecular complexity index is 435. The van der Waals surface area contributed by atoms with E-state index in [0.717, 1.165) is 16.5 Å². The van der Waals surface area contributed by atoms with E-state index in [0.29, 0.717) is 24.3 Å².